The highest BCUT2D eigenvalue weighted by atomic mass is 16.3. The Kier molecular flexibility index (Phi) is 12.2. The Morgan fingerprint density at radius 1 is 0.643 bits per heavy atom. The molecule has 0 bridgehead atoms. The van der Waals surface area contributed by atoms with Crippen LogP contribution in [0.5, 0.6) is 5.75 Å². The first kappa shape index (κ1) is 31.5. The molecule has 0 spiro atoms. The Morgan fingerprint density at radius 3 is 1.86 bits per heavy atom. The molecule has 0 unspecified atom stereocenters. The van der Waals surface area contributed by atoms with Crippen molar-refractivity contribution in [3.05, 3.63) is 137 Å². The topological polar surface area (TPSA) is 35.5 Å². The standard InChI is InChI=1S/C39H50N2O/c1-30(2)41(31(3)4)27-25-37(36-16-9-6-10-17-36)38-28-34(22-23-39(38)42)15-11-14-32-18-20-33(21-19-32)24-26-40-29-35-12-7-5-8-13-35/h5-10,12-13,16-23,28,30-31,37,40,42H,11,14-15,24-27,29H2,1-4H3/t37-/m1/s1. The van der Waals surface area contributed by atoms with Gasteiger partial charge in [-0.25, -0.2) is 0 Å². The molecule has 0 amide bonds. The van der Waals surface area contributed by atoms with E-state index in [0.29, 0.717) is 17.8 Å². The lowest BCUT2D eigenvalue weighted by Crippen LogP contribution is -2.38. The van der Waals surface area contributed by atoms with Crippen LogP contribution in [-0.2, 0) is 25.8 Å². The molecular weight excluding hydrogens is 512 g/mol. The molecule has 222 valence electrons. The van der Waals surface area contributed by atoms with Gasteiger partial charge in [-0.1, -0.05) is 97.1 Å². The van der Waals surface area contributed by atoms with Crippen molar-refractivity contribution in [1.29, 1.82) is 0 Å². The van der Waals surface area contributed by atoms with Crippen molar-refractivity contribution in [1.82, 2.24) is 10.2 Å². The summed E-state index contributed by atoms with van der Waals surface area (Å²) in [6.45, 7) is 12.0. The molecule has 0 radical (unpaired) electrons. The highest BCUT2D eigenvalue weighted by Gasteiger charge is 2.21. The Bertz CT molecular complexity index is 1310. The maximum atomic E-state index is 11.0. The van der Waals surface area contributed by atoms with E-state index in [0.717, 1.165) is 57.3 Å². The van der Waals surface area contributed by atoms with Gasteiger partial charge in [0.05, 0.1) is 0 Å². The molecule has 42 heavy (non-hydrogen) atoms. The summed E-state index contributed by atoms with van der Waals surface area (Å²) in [5.74, 6) is 0.572. The van der Waals surface area contributed by atoms with Crippen molar-refractivity contribution in [2.75, 3.05) is 13.1 Å². The predicted molar refractivity (Wildman–Crippen MR) is 178 cm³/mol. The van der Waals surface area contributed by atoms with Crippen molar-refractivity contribution in [2.45, 2.75) is 84.3 Å². The minimum Gasteiger partial charge on any atom is -0.508 e. The molecule has 0 aromatic heterocycles. The Balaban J connectivity index is 1.33. The third-order valence-electron chi connectivity index (χ3n) is 8.39. The molecule has 0 saturated carbocycles. The zero-order valence-corrected chi connectivity index (χ0v) is 26.1. The number of aryl methyl sites for hydroxylation is 2. The van der Waals surface area contributed by atoms with Gasteiger partial charge in [0, 0.05) is 30.1 Å². The normalized spacial score (nSPS) is 12.4. The summed E-state index contributed by atoms with van der Waals surface area (Å²) in [6, 6.07) is 37.6. The van der Waals surface area contributed by atoms with Crippen molar-refractivity contribution in [3.63, 3.8) is 0 Å². The zero-order valence-electron chi connectivity index (χ0n) is 26.1. The van der Waals surface area contributed by atoms with Crippen molar-refractivity contribution in [2.24, 2.45) is 0 Å². The van der Waals surface area contributed by atoms with Gasteiger partial charge in [0.1, 0.15) is 5.75 Å². The van der Waals surface area contributed by atoms with Crippen molar-refractivity contribution >= 4 is 0 Å². The number of phenolic OH excluding ortho intramolecular Hbond substituents is 1. The molecule has 3 heteroatoms. The van der Waals surface area contributed by atoms with E-state index in [2.05, 4.69) is 135 Å². The van der Waals surface area contributed by atoms with E-state index in [1.807, 2.05) is 6.07 Å². The van der Waals surface area contributed by atoms with E-state index in [4.69, 9.17) is 0 Å². The minimum absolute atomic E-state index is 0.167. The van der Waals surface area contributed by atoms with Gasteiger partial charge in [-0.3, -0.25) is 4.90 Å². The SMILES string of the molecule is CC(C)N(CC[C@H](c1ccccc1)c1cc(CCCc2ccc(CCNCc3ccccc3)cc2)ccc1O)C(C)C. The molecule has 0 aliphatic heterocycles. The lowest BCUT2D eigenvalue weighted by atomic mass is 9.86. The molecule has 0 aliphatic carbocycles. The number of hydrogen-bond donors (Lipinski definition) is 2. The van der Waals surface area contributed by atoms with Crippen LogP contribution in [0.4, 0.5) is 0 Å². The molecule has 0 aliphatic rings. The fraction of sp³-hybridized carbons (Fsp3) is 0.385. The minimum atomic E-state index is 0.167. The van der Waals surface area contributed by atoms with E-state index in [-0.39, 0.29) is 5.92 Å². The number of aromatic hydroxyl groups is 1. The van der Waals surface area contributed by atoms with Crippen molar-refractivity contribution in [3.8, 4) is 5.75 Å². The van der Waals surface area contributed by atoms with Crippen LogP contribution in [0.3, 0.4) is 0 Å². The molecule has 4 rings (SSSR count). The average molecular weight is 563 g/mol. The molecule has 4 aromatic carbocycles. The van der Waals surface area contributed by atoms with Crippen LogP contribution in [0.15, 0.2) is 103 Å². The van der Waals surface area contributed by atoms with E-state index >= 15 is 0 Å². The molecule has 0 saturated heterocycles. The Hall–Kier alpha value is -3.40. The monoisotopic (exact) mass is 562 g/mol. The first-order valence-corrected chi connectivity index (χ1v) is 15.9. The Morgan fingerprint density at radius 2 is 1.21 bits per heavy atom. The molecule has 4 aromatic rings. The zero-order chi connectivity index (χ0) is 29.7. The molecule has 2 N–H and O–H groups in total. The number of nitrogens with one attached hydrogen (secondary N) is 1. The largest absolute Gasteiger partial charge is 0.508 e. The number of rotatable bonds is 16. The molecular formula is C39H50N2O. The molecule has 1 atom stereocenters. The van der Waals surface area contributed by atoms with Crippen LogP contribution in [0.25, 0.3) is 0 Å². The van der Waals surface area contributed by atoms with Gasteiger partial charge >= 0.3 is 0 Å². The molecule has 0 fully saturated rings. The van der Waals surface area contributed by atoms with Crippen LogP contribution < -0.4 is 5.32 Å². The smallest absolute Gasteiger partial charge is 0.119 e. The predicted octanol–water partition coefficient (Wildman–Crippen LogP) is 8.54. The second kappa shape index (κ2) is 16.3. The maximum Gasteiger partial charge on any atom is 0.119 e. The van der Waals surface area contributed by atoms with Gasteiger partial charge in [0.15, 0.2) is 0 Å². The lowest BCUT2D eigenvalue weighted by molar-refractivity contribution is 0.170. The van der Waals surface area contributed by atoms with Gasteiger partial charge in [0.25, 0.3) is 0 Å². The van der Waals surface area contributed by atoms with Crippen LogP contribution in [-0.4, -0.2) is 35.2 Å². The van der Waals surface area contributed by atoms with Gasteiger partial charge < -0.3 is 10.4 Å². The van der Waals surface area contributed by atoms with Crippen molar-refractivity contribution < 1.29 is 5.11 Å². The average Bonchev–Trinajstić information content (AvgIpc) is 3.00. The summed E-state index contributed by atoms with van der Waals surface area (Å²) < 4.78 is 0. The van der Waals surface area contributed by atoms with Gasteiger partial charge in [0.2, 0.25) is 0 Å². The van der Waals surface area contributed by atoms with Crippen LogP contribution in [0.1, 0.15) is 79.8 Å². The first-order chi connectivity index (χ1) is 20.4. The van der Waals surface area contributed by atoms with Crippen LogP contribution in [0, 0.1) is 0 Å². The van der Waals surface area contributed by atoms with E-state index in [9.17, 15) is 5.11 Å². The second-order valence-corrected chi connectivity index (χ2v) is 12.2. The van der Waals surface area contributed by atoms with E-state index in [1.54, 1.807) is 0 Å². The molecule has 0 heterocycles. The summed E-state index contributed by atoms with van der Waals surface area (Å²) in [4.78, 5) is 2.55. The number of hydrogen-bond acceptors (Lipinski definition) is 3. The fourth-order valence-electron chi connectivity index (χ4n) is 6.05. The van der Waals surface area contributed by atoms with Crippen LogP contribution >= 0.6 is 0 Å². The second-order valence-electron chi connectivity index (χ2n) is 12.2. The van der Waals surface area contributed by atoms with E-state index in [1.165, 1.54) is 27.8 Å². The van der Waals surface area contributed by atoms with Gasteiger partial charge in [-0.15, -0.1) is 0 Å². The summed E-state index contributed by atoms with van der Waals surface area (Å²) in [5.41, 5.74) is 7.72. The lowest BCUT2D eigenvalue weighted by Gasteiger charge is -2.32. The third kappa shape index (κ3) is 9.58. The summed E-state index contributed by atoms with van der Waals surface area (Å²) in [5, 5.41) is 14.5. The fourth-order valence-corrected chi connectivity index (χ4v) is 6.05. The summed E-state index contributed by atoms with van der Waals surface area (Å²) >= 11 is 0. The number of nitrogens with zero attached hydrogens (tertiary/aromatic N) is 1. The number of phenols is 1. The highest BCUT2D eigenvalue weighted by Crippen LogP contribution is 2.35. The van der Waals surface area contributed by atoms with Crippen LogP contribution in [0.2, 0.25) is 0 Å². The Labute approximate surface area is 254 Å². The first-order valence-electron chi connectivity index (χ1n) is 15.9. The summed E-state index contributed by atoms with van der Waals surface area (Å²) in [6.07, 6.45) is 5.17. The highest BCUT2D eigenvalue weighted by molar-refractivity contribution is 5.44. The number of benzene rings is 4. The third-order valence-corrected chi connectivity index (χ3v) is 8.39. The maximum absolute atomic E-state index is 11.0. The quantitative estimate of drug-likeness (QED) is 0.134. The molecule has 3 nitrogen and oxygen atoms in total. The van der Waals surface area contributed by atoms with Gasteiger partial charge in [-0.05, 0) is 107 Å². The summed E-state index contributed by atoms with van der Waals surface area (Å²) in [7, 11) is 0. The van der Waals surface area contributed by atoms with Gasteiger partial charge in [-0.2, -0.15) is 0 Å². The van der Waals surface area contributed by atoms with E-state index < -0.39 is 0 Å².